The molecule has 1 fully saturated rings. The highest BCUT2D eigenvalue weighted by Crippen LogP contribution is 2.41. The van der Waals surface area contributed by atoms with E-state index in [1.54, 1.807) is 20.3 Å². The lowest BCUT2D eigenvalue weighted by atomic mass is 9.95. The van der Waals surface area contributed by atoms with E-state index in [0.717, 1.165) is 11.1 Å². The second kappa shape index (κ2) is 8.10. The minimum absolute atomic E-state index is 0.177. The van der Waals surface area contributed by atoms with Gasteiger partial charge in [-0.05, 0) is 18.1 Å². The molecule has 6 nitrogen and oxygen atoms in total. The van der Waals surface area contributed by atoms with Gasteiger partial charge in [-0.15, -0.1) is 0 Å². The van der Waals surface area contributed by atoms with Gasteiger partial charge in [-0.3, -0.25) is 4.90 Å². The number of methoxy groups -OCH3 is 2. The summed E-state index contributed by atoms with van der Waals surface area (Å²) in [6.45, 7) is 0.593. The minimum atomic E-state index is -0.973. The quantitative estimate of drug-likeness (QED) is 0.890. The third-order valence-corrected chi connectivity index (χ3v) is 4.63. The molecule has 2 unspecified atom stereocenters. The number of para-hydroxylation sites is 1. The number of hydrogen-bond acceptors (Lipinski definition) is 5. The lowest BCUT2D eigenvalue weighted by Crippen LogP contribution is -2.37. The SMILES string of the molecule is COc1cccc(C2CCN(C(=O)OCc3ccccc3)C2O)c1OC. The molecule has 26 heavy (non-hydrogen) atoms. The van der Waals surface area contributed by atoms with Crippen molar-refractivity contribution in [1.29, 1.82) is 0 Å². The Morgan fingerprint density at radius 3 is 2.58 bits per heavy atom. The van der Waals surface area contributed by atoms with E-state index in [1.165, 1.54) is 4.90 Å². The maximum absolute atomic E-state index is 12.4. The molecule has 1 amide bonds. The van der Waals surface area contributed by atoms with Gasteiger partial charge in [0.05, 0.1) is 14.2 Å². The van der Waals surface area contributed by atoms with Crippen LogP contribution >= 0.6 is 0 Å². The van der Waals surface area contributed by atoms with Crippen LogP contribution in [-0.4, -0.2) is 43.1 Å². The third kappa shape index (κ3) is 3.60. The number of hydrogen-bond donors (Lipinski definition) is 1. The van der Waals surface area contributed by atoms with Crippen molar-refractivity contribution in [2.45, 2.75) is 25.2 Å². The van der Waals surface area contributed by atoms with E-state index in [2.05, 4.69) is 0 Å². The van der Waals surface area contributed by atoms with Crippen molar-refractivity contribution < 1.29 is 24.1 Å². The Bertz CT molecular complexity index is 749. The van der Waals surface area contributed by atoms with Crippen LogP contribution in [0.15, 0.2) is 48.5 Å². The standard InChI is InChI=1S/C20H23NO5/c1-24-17-10-6-9-15(18(17)25-2)16-11-12-21(19(16)22)20(23)26-13-14-7-4-3-5-8-14/h3-10,16,19,22H,11-13H2,1-2H3. The summed E-state index contributed by atoms with van der Waals surface area (Å²) < 4.78 is 16.1. The molecule has 1 aliphatic rings. The van der Waals surface area contributed by atoms with Crippen LogP contribution < -0.4 is 9.47 Å². The predicted octanol–water partition coefficient (Wildman–Crippen LogP) is 3.15. The van der Waals surface area contributed by atoms with Crippen molar-refractivity contribution >= 4 is 6.09 Å². The van der Waals surface area contributed by atoms with Crippen LogP contribution in [0, 0.1) is 0 Å². The Morgan fingerprint density at radius 2 is 1.88 bits per heavy atom. The molecule has 3 rings (SSSR count). The molecule has 2 aromatic rings. The second-order valence-electron chi connectivity index (χ2n) is 6.13. The van der Waals surface area contributed by atoms with Crippen molar-refractivity contribution in [3.63, 3.8) is 0 Å². The smallest absolute Gasteiger partial charge is 0.412 e. The van der Waals surface area contributed by atoms with Crippen molar-refractivity contribution in [3.8, 4) is 11.5 Å². The largest absolute Gasteiger partial charge is 0.493 e. The summed E-state index contributed by atoms with van der Waals surface area (Å²) in [6.07, 6.45) is -0.879. The highest BCUT2D eigenvalue weighted by atomic mass is 16.6. The zero-order chi connectivity index (χ0) is 18.5. The molecule has 1 saturated heterocycles. The number of carbonyl (C=O) groups excluding carboxylic acids is 1. The number of carbonyl (C=O) groups is 1. The Labute approximate surface area is 152 Å². The van der Waals surface area contributed by atoms with Gasteiger partial charge in [0, 0.05) is 18.0 Å². The molecule has 1 N–H and O–H groups in total. The number of benzene rings is 2. The molecule has 0 radical (unpaired) electrons. The highest BCUT2D eigenvalue weighted by Gasteiger charge is 2.39. The molecule has 138 valence electrons. The first-order chi connectivity index (χ1) is 12.7. The highest BCUT2D eigenvalue weighted by molar-refractivity contribution is 5.68. The maximum atomic E-state index is 12.4. The number of aliphatic hydroxyl groups excluding tert-OH is 1. The summed E-state index contributed by atoms with van der Waals surface area (Å²) in [5.74, 6) is 0.921. The van der Waals surface area contributed by atoms with Gasteiger partial charge in [0.2, 0.25) is 0 Å². The van der Waals surface area contributed by atoms with Crippen LogP contribution in [0.25, 0.3) is 0 Å². The molecular weight excluding hydrogens is 334 g/mol. The van der Waals surface area contributed by atoms with Gasteiger partial charge in [-0.2, -0.15) is 0 Å². The van der Waals surface area contributed by atoms with Crippen LogP contribution in [-0.2, 0) is 11.3 Å². The van der Waals surface area contributed by atoms with Gasteiger partial charge in [-0.1, -0.05) is 42.5 Å². The van der Waals surface area contributed by atoms with Crippen LogP contribution in [0.1, 0.15) is 23.5 Å². The van der Waals surface area contributed by atoms with Gasteiger partial charge in [0.25, 0.3) is 0 Å². The van der Waals surface area contributed by atoms with Crippen molar-refractivity contribution in [3.05, 3.63) is 59.7 Å². The molecule has 6 heteroatoms. The van der Waals surface area contributed by atoms with Crippen LogP contribution in [0.4, 0.5) is 4.79 Å². The average molecular weight is 357 g/mol. The molecule has 0 aliphatic carbocycles. The van der Waals surface area contributed by atoms with E-state index >= 15 is 0 Å². The first-order valence-electron chi connectivity index (χ1n) is 8.52. The van der Waals surface area contributed by atoms with Crippen LogP contribution in [0.5, 0.6) is 11.5 Å². The van der Waals surface area contributed by atoms with E-state index in [0.29, 0.717) is 24.5 Å². The lowest BCUT2D eigenvalue weighted by molar-refractivity contribution is 0.0141. The number of rotatable bonds is 5. The Morgan fingerprint density at radius 1 is 1.12 bits per heavy atom. The molecule has 1 aliphatic heterocycles. The van der Waals surface area contributed by atoms with Crippen molar-refractivity contribution in [2.75, 3.05) is 20.8 Å². The van der Waals surface area contributed by atoms with E-state index in [1.807, 2.05) is 42.5 Å². The predicted molar refractivity (Wildman–Crippen MR) is 96.2 cm³/mol. The van der Waals surface area contributed by atoms with Gasteiger partial charge in [0.1, 0.15) is 12.8 Å². The lowest BCUT2D eigenvalue weighted by Gasteiger charge is -2.24. The molecule has 0 spiro atoms. The first kappa shape index (κ1) is 18.1. The normalized spacial score (nSPS) is 19.3. The third-order valence-electron chi connectivity index (χ3n) is 4.63. The number of aliphatic hydroxyl groups is 1. The molecule has 2 aromatic carbocycles. The molecule has 0 saturated carbocycles. The minimum Gasteiger partial charge on any atom is -0.493 e. The Balaban J connectivity index is 1.70. The summed E-state index contributed by atoms with van der Waals surface area (Å²) in [4.78, 5) is 13.7. The summed E-state index contributed by atoms with van der Waals surface area (Å²) >= 11 is 0. The molecule has 0 aromatic heterocycles. The maximum Gasteiger partial charge on any atom is 0.412 e. The number of likely N-dealkylation sites (tertiary alicyclic amines) is 1. The second-order valence-corrected chi connectivity index (χ2v) is 6.13. The topological polar surface area (TPSA) is 68.2 Å². The van der Waals surface area contributed by atoms with E-state index in [9.17, 15) is 9.90 Å². The zero-order valence-corrected chi connectivity index (χ0v) is 14.9. The number of ether oxygens (including phenoxy) is 3. The van der Waals surface area contributed by atoms with Crippen LogP contribution in [0.2, 0.25) is 0 Å². The van der Waals surface area contributed by atoms with Gasteiger partial charge >= 0.3 is 6.09 Å². The summed E-state index contributed by atoms with van der Waals surface area (Å²) in [7, 11) is 3.13. The van der Waals surface area contributed by atoms with Gasteiger partial charge < -0.3 is 19.3 Å². The van der Waals surface area contributed by atoms with Gasteiger partial charge in [0.15, 0.2) is 11.5 Å². The fourth-order valence-corrected chi connectivity index (χ4v) is 3.30. The summed E-state index contributed by atoms with van der Waals surface area (Å²) in [5, 5.41) is 10.7. The van der Waals surface area contributed by atoms with Crippen molar-refractivity contribution in [1.82, 2.24) is 4.90 Å². The average Bonchev–Trinajstić information content (AvgIpc) is 3.07. The fraction of sp³-hybridized carbons (Fsp3) is 0.350. The number of nitrogens with zero attached hydrogens (tertiary/aromatic N) is 1. The summed E-state index contributed by atoms with van der Waals surface area (Å²) in [5.41, 5.74) is 1.72. The number of amides is 1. The molecule has 1 heterocycles. The van der Waals surface area contributed by atoms with E-state index in [4.69, 9.17) is 14.2 Å². The molecular formula is C20H23NO5. The molecule has 2 atom stereocenters. The molecule has 0 bridgehead atoms. The van der Waals surface area contributed by atoms with Crippen molar-refractivity contribution in [2.24, 2.45) is 0 Å². The van der Waals surface area contributed by atoms with E-state index < -0.39 is 12.3 Å². The zero-order valence-electron chi connectivity index (χ0n) is 14.9. The van der Waals surface area contributed by atoms with Gasteiger partial charge in [-0.25, -0.2) is 4.79 Å². The summed E-state index contributed by atoms with van der Waals surface area (Å²) in [6, 6.07) is 15.0. The monoisotopic (exact) mass is 357 g/mol. The Hall–Kier alpha value is -2.73. The Kier molecular flexibility index (Phi) is 5.63. The fourth-order valence-electron chi connectivity index (χ4n) is 3.30. The first-order valence-corrected chi connectivity index (χ1v) is 8.52. The van der Waals surface area contributed by atoms with E-state index in [-0.39, 0.29) is 12.5 Å². The van der Waals surface area contributed by atoms with Crippen LogP contribution in [0.3, 0.4) is 0 Å².